The van der Waals surface area contributed by atoms with Crippen molar-refractivity contribution in [2.75, 3.05) is 0 Å². The molecule has 1 aliphatic carbocycles. The zero-order chi connectivity index (χ0) is 10.7. The number of hydrogen-bond acceptors (Lipinski definition) is 1. The average molecular weight is 198 g/mol. The average Bonchev–Trinajstić information content (AvgIpc) is 2.29. The second-order valence-corrected chi connectivity index (χ2v) is 4.00. The van der Waals surface area contributed by atoms with Crippen LogP contribution in [0.1, 0.15) is 35.2 Å². The Hall–Kier alpha value is -1.55. The number of fused-ring (bicyclic) bond motifs is 1. The summed E-state index contributed by atoms with van der Waals surface area (Å²) < 4.78 is 0. The minimum atomic E-state index is 0.149. The number of aryl methyl sites for hydroxylation is 1. The molecule has 76 valence electrons. The van der Waals surface area contributed by atoms with Crippen molar-refractivity contribution < 1.29 is 4.79 Å². The van der Waals surface area contributed by atoms with Crippen molar-refractivity contribution in [3.63, 3.8) is 0 Å². The van der Waals surface area contributed by atoms with E-state index in [2.05, 4.69) is 5.92 Å². The molecular weight excluding hydrogens is 184 g/mol. The lowest BCUT2D eigenvalue weighted by molar-refractivity contribution is 0.0896. The Bertz CT molecular complexity index is 412. The van der Waals surface area contributed by atoms with Crippen LogP contribution in [0.25, 0.3) is 0 Å². The van der Waals surface area contributed by atoms with Gasteiger partial charge in [-0.1, -0.05) is 24.3 Å². The molecule has 1 aliphatic rings. The van der Waals surface area contributed by atoms with Crippen molar-refractivity contribution in [2.24, 2.45) is 5.92 Å². The van der Waals surface area contributed by atoms with Gasteiger partial charge in [0, 0.05) is 17.9 Å². The number of rotatable bonds is 2. The zero-order valence-electron chi connectivity index (χ0n) is 8.70. The fraction of sp³-hybridized carbons (Fsp3) is 0.357. The number of carbonyl (C=O) groups excluding carboxylic acids is 1. The van der Waals surface area contributed by atoms with E-state index in [0.717, 1.165) is 24.8 Å². The Morgan fingerprint density at radius 1 is 1.40 bits per heavy atom. The quantitative estimate of drug-likeness (QED) is 0.668. The summed E-state index contributed by atoms with van der Waals surface area (Å²) in [5.41, 5.74) is 2.10. The first kappa shape index (κ1) is 9.98. The zero-order valence-corrected chi connectivity index (χ0v) is 8.70. The third-order valence-corrected chi connectivity index (χ3v) is 3.05. The van der Waals surface area contributed by atoms with Crippen LogP contribution in [-0.2, 0) is 6.42 Å². The molecule has 1 atom stereocenters. The molecule has 0 saturated carbocycles. The van der Waals surface area contributed by atoms with Crippen LogP contribution in [-0.4, -0.2) is 5.78 Å². The summed E-state index contributed by atoms with van der Waals surface area (Å²) >= 11 is 0. The van der Waals surface area contributed by atoms with Crippen LogP contribution in [0.3, 0.4) is 0 Å². The SMILES string of the molecule is C#CCCC1CCc2ccccc2C1=O. The van der Waals surface area contributed by atoms with E-state index in [0.29, 0.717) is 6.42 Å². The third kappa shape index (κ3) is 1.94. The van der Waals surface area contributed by atoms with E-state index in [1.807, 2.05) is 24.3 Å². The fourth-order valence-electron chi connectivity index (χ4n) is 2.19. The lowest BCUT2D eigenvalue weighted by Crippen LogP contribution is -2.22. The summed E-state index contributed by atoms with van der Waals surface area (Å²) in [7, 11) is 0. The second kappa shape index (κ2) is 4.31. The summed E-state index contributed by atoms with van der Waals surface area (Å²) in [6, 6.07) is 7.90. The van der Waals surface area contributed by atoms with Gasteiger partial charge in [0.05, 0.1) is 0 Å². The Morgan fingerprint density at radius 3 is 3.00 bits per heavy atom. The number of carbonyl (C=O) groups is 1. The maximum atomic E-state index is 12.1. The molecule has 1 aromatic carbocycles. The van der Waals surface area contributed by atoms with Gasteiger partial charge in [0.2, 0.25) is 0 Å². The molecule has 1 unspecified atom stereocenters. The smallest absolute Gasteiger partial charge is 0.166 e. The Balaban J connectivity index is 2.19. The van der Waals surface area contributed by atoms with Crippen molar-refractivity contribution in [3.8, 4) is 12.3 Å². The van der Waals surface area contributed by atoms with E-state index < -0.39 is 0 Å². The largest absolute Gasteiger partial charge is 0.294 e. The molecule has 0 aromatic heterocycles. The van der Waals surface area contributed by atoms with Gasteiger partial charge in [-0.2, -0.15) is 0 Å². The molecule has 15 heavy (non-hydrogen) atoms. The molecule has 1 aromatic rings. The molecule has 0 aliphatic heterocycles. The van der Waals surface area contributed by atoms with E-state index in [9.17, 15) is 4.79 Å². The van der Waals surface area contributed by atoms with Crippen molar-refractivity contribution in [3.05, 3.63) is 35.4 Å². The Labute approximate surface area is 90.5 Å². The van der Waals surface area contributed by atoms with Crippen molar-refractivity contribution in [1.29, 1.82) is 0 Å². The highest BCUT2D eigenvalue weighted by Gasteiger charge is 2.25. The van der Waals surface area contributed by atoms with Crippen molar-refractivity contribution >= 4 is 5.78 Å². The van der Waals surface area contributed by atoms with E-state index in [1.54, 1.807) is 0 Å². The number of benzene rings is 1. The molecule has 0 heterocycles. The lowest BCUT2D eigenvalue weighted by atomic mass is 9.81. The van der Waals surface area contributed by atoms with Gasteiger partial charge >= 0.3 is 0 Å². The van der Waals surface area contributed by atoms with Gasteiger partial charge in [-0.05, 0) is 24.8 Å². The summed E-state index contributed by atoms with van der Waals surface area (Å²) in [6.45, 7) is 0. The van der Waals surface area contributed by atoms with Crippen LogP contribution in [0.15, 0.2) is 24.3 Å². The molecular formula is C14H14O. The Kier molecular flexibility index (Phi) is 2.87. The summed E-state index contributed by atoms with van der Waals surface area (Å²) in [6.07, 6.45) is 8.74. The third-order valence-electron chi connectivity index (χ3n) is 3.05. The fourth-order valence-corrected chi connectivity index (χ4v) is 2.19. The summed E-state index contributed by atoms with van der Waals surface area (Å²) in [5.74, 6) is 3.04. The number of ketones is 1. The highest BCUT2D eigenvalue weighted by atomic mass is 16.1. The summed E-state index contributed by atoms with van der Waals surface area (Å²) in [4.78, 5) is 12.1. The highest BCUT2D eigenvalue weighted by molar-refractivity contribution is 6.00. The first-order valence-corrected chi connectivity index (χ1v) is 5.38. The normalized spacial score (nSPS) is 19.4. The number of hydrogen-bond donors (Lipinski definition) is 0. The van der Waals surface area contributed by atoms with Gasteiger partial charge in [-0.15, -0.1) is 12.3 Å². The molecule has 0 fully saturated rings. The van der Waals surface area contributed by atoms with Gasteiger partial charge in [0.15, 0.2) is 5.78 Å². The molecule has 0 saturated heterocycles. The minimum absolute atomic E-state index is 0.149. The lowest BCUT2D eigenvalue weighted by Gasteiger charge is -2.22. The van der Waals surface area contributed by atoms with Gasteiger partial charge in [0.25, 0.3) is 0 Å². The van der Waals surface area contributed by atoms with Gasteiger partial charge in [-0.25, -0.2) is 0 Å². The molecule has 1 nitrogen and oxygen atoms in total. The van der Waals surface area contributed by atoms with Crippen LogP contribution < -0.4 is 0 Å². The number of terminal acetylenes is 1. The van der Waals surface area contributed by atoms with E-state index >= 15 is 0 Å². The predicted octanol–water partition coefficient (Wildman–Crippen LogP) is 2.85. The van der Waals surface area contributed by atoms with Gasteiger partial charge in [-0.3, -0.25) is 4.79 Å². The predicted molar refractivity (Wildman–Crippen MR) is 60.7 cm³/mol. The maximum Gasteiger partial charge on any atom is 0.166 e. The van der Waals surface area contributed by atoms with E-state index in [-0.39, 0.29) is 11.7 Å². The summed E-state index contributed by atoms with van der Waals surface area (Å²) in [5, 5.41) is 0. The van der Waals surface area contributed by atoms with E-state index in [1.165, 1.54) is 5.56 Å². The van der Waals surface area contributed by atoms with Gasteiger partial charge in [0.1, 0.15) is 0 Å². The number of Topliss-reactive ketones (excluding diaryl/α,β-unsaturated/α-hetero) is 1. The molecule has 0 radical (unpaired) electrons. The molecule has 1 heteroatoms. The minimum Gasteiger partial charge on any atom is -0.294 e. The monoisotopic (exact) mass is 198 g/mol. The first-order chi connectivity index (χ1) is 7.33. The topological polar surface area (TPSA) is 17.1 Å². The highest BCUT2D eigenvalue weighted by Crippen LogP contribution is 2.27. The standard InChI is InChI=1S/C14H14O/c1-2-3-6-12-10-9-11-7-4-5-8-13(11)14(12)15/h1,4-5,7-8,12H,3,6,9-10H2. The first-order valence-electron chi connectivity index (χ1n) is 5.38. The van der Waals surface area contributed by atoms with Crippen LogP contribution in [0, 0.1) is 18.3 Å². The van der Waals surface area contributed by atoms with Crippen LogP contribution >= 0.6 is 0 Å². The second-order valence-electron chi connectivity index (χ2n) is 4.00. The van der Waals surface area contributed by atoms with Crippen LogP contribution in [0.4, 0.5) is 0 Å². The van der Waals surface area contributed by atoms with Crippen LogP contribution in [0.5, 0.6) is 0 Å². The van der Waals surface area contributed by atoms with E-state index in [4.69, 9.17) is 6.42 Å². The molecule has 0 amide bonds. The maximum absolute atomic E-state index is 12.1. The van der Waals surface area contributed by atoms with Crippen LogP contribution in [0.2, 0.25) is 0 Å². The van der Waals surface area contributed by atoms with Gasteiger partial charge < -0.3 is 0 Å². The Morgan fingerprint density at radius 2 is 2.20 bits per heavy atom. The molecule has 2 rings (SSSR count). The molecule has 0 N–H and O–H groups in total. The van der Waals surface area contributed by atoms with Crippen molar-refractivity contribution in [2.45, 2.75) is 25.7 Å². The molecule has 0 spiro atoms. The van der Waals surface area contributed by atoms with Crippen molar-refractivity contribution in [1.82, 2.24) is 0 Å². The molecule has 0 bridgehead atoms.